The molecule has 30 heavy (non-hydrogen) atoms. The Balaban J connectivity index is 1.49. The lowest BCUT2D eigenvalue weighted by atomic mass is 9.94. The molecule has 2 aromatic carbocycles. The molecule has 0 radical (unpaired) electrons. The van der Waals surface area contributed by atoms with Gasteiger partial charge in [0.1, 0.15) is 11.6 Å². The van der Waals surface area contributed by atoms with Gasteiger partial charge in [-0.2, -0.15) is 8.42 Å². The summed E-state index contributed by atoms with van der Waals surface area (Å²) < 4.78 is 56.4. The van der Waals surface area contributed by atoms with Crippen molar-refractivity contribution in [3.8, 4) is 11.1 Å². The highest BCUT2D eigenvalue weighted by Gasteiger charge is 2.49. The van der Waals surface area contributed by atoms with Crippen molar-refractivity contribution < 1.29 is 22.0 Å². The molecule has 9 heteroatoms. The van der Waals surface area contributed by atoms with Gasteiger partial charge >= 0.3 is 0 Å². The van der Waals surface area contributed by atoms with Gasteiger partial charge in [-0.25, -0.2) is 18.2 Å². The number of nitrogens with zero attached hydrogens (tertiary/aromatic N) is 1. The average Bonchev–Trinajstić information content (AvgIpc) is 3.48. The van der Waals surface area contributed by atoms with Gasteiger partial charge in [0.2, 0.25) is 5.91 Å². The zero-order valence-corrected chi connectivity index (χ0v) is 17.3. The van der Waals surface area contributed by atoms with Gasteiger partial charge < -0.3 is 4.90 Å². The summed E-state index contributed by atoms with van der Waals surface area (Å²) in [6.45, 7) is 0.737. The van der Waals surface area contributed by atoms with E-state index >= 15 is 0 Å². The number of likely N-dealkylation sites (tertiary alicyclic amines) is 1. The van der Waals surface area contributed by atoms with Crippen LogP contribution in [0.2, 0.25) is 0 Å². The van der Waals surface area contributed by atoms with Crippen molar-refractivity contribution >= 4 is 16.1 Å². The van der Waals surface area contributed by atoms with Gasteiger partial charge in [0.25, 0.3) is 10.2 Å². The Bertz CT molecular complexity index is 1060. The van der Waals surface area contributed by atoms with Crippen LogP contribution in [0.4, 0.5) is 8.78 Å². The van der Waals surface area contributed by atoms with Crippen LogP contribution < -0.4 is 9.44 Å². The molecule has 3 atom stereocenters. The predicted molar refractivity (Wildman–Crippen MR) is 109 cm³/mol. The van der Waals surface area contributed by atoms with Crippen molar-refractivity contribution in [2.45, 2.75) is 24.8 Å². The van der Waals surface area contributed by atoms with Gasteiger partial charge in [0.15, 0.2) is 0 Å². The Labute approximate surface area is 174 Å². The lowest BCUT2D eigenvalue weighted by molar-refractivity contribution is -0.140. The fourth-order valence-corrected chi connectivity index (χ4v) is 4.61. The molecule has 4 rings (SSSR count). The van der Waals surface area contributed by atoms with E-state index in [1.807, 2.05) is 6.07 Å². The number of carbonyl (C=O) groups excluding carboxylic acids is 1. The van der Waals surface area contributed by atoms with Gasteiger partial charge in [-0.1, -0.05) is 30.3 Å². The van der Waals surface area contributed by atoms with Gasteiger partial charge in [-0.3, -0.25) is 4.79 Å². The number of nitrogens with one attached hydrogen (secondary N) is 2. The Morgan fingerprint density at radius 1 is 1.13 bits per heavy atom. The number of amides is 1. The molecule has 1 amide bonds. The molecule has 2 N–H and O–H groups in total. The average molecular weight is 435 g/mol. The monoisotopic (exact) mass is 435 g/mol. The standard InChI is InChI=1S/C21H23F2N3O3S/c1-24-30(28,29)25-12-13-9-10-26(13)21(27)17-11-16(17)14-5-2-3-6-15(14)20-18(22)7-4-8-19(20)23/h2-8,13,16-17,24-25H,9-12H2,1H3/t13-,16-,17+/m0/s1. The molecule has 1 saturated carbocycles. The van der Waals surface area contributed by atoms with Crippen LogP contribution in [0.1, 0.15) is 24.3 Å². The molecule has 1 aliphatic heterocycles. The van der Waals surface area contributed by atoms with E-state index in [1.165, 1.54) is 25.2 Å². The van der Waals surface area contributed by atoms with Crippen LogP contribution >= 0.6 is 0 Å². The quantitative estimate of drug-likeness (QED) is 0.701. The van der Waals surface area contributed by atoms with Gasteiger partial charge in [-0.05, 0) is 42.0 Å². The molecule has 160 valence electrons. The summed E-state index contributed by atoms with van der Waals surface area (Å²) in [6, 6.07) is 10.6. The van der Waals surface area contributed by atoms with E-state index in [0.29, 0.717) is 18.5 Å². The topological polar surface area (TPSA) is 78.5 Å². The second-order valence-corrected chi connectivity index (χ2v) is 9.37. The Morgan fingerprint density at radius 2 is 1.83 bits per heavy atom. The van der Waals surface area contributed by atoms with Crippen LogP contribution in [-0.2, 0) is 15.0 Å². The number of hydrogen-bond donors (Lipinski definition) is 2. The molecule has 0 aromatic heterocycles. The van der Waals surface area contributed by atoms with E-state index in [0.717, 1.165) is 12.0 Å². The van der Waals surface area contributed by atoms with Crippen LogP contribution in [0.3, 0.4) is 0 Å². The first-order valence-corrected chi connectivity index (χ1v) is 11.3. The van der Waals surface area contributed by atoms with E-state index in [9.17, 15) is 22.0 Å². The highest BCUT2D eigenvalue weighted by Crippen LogP contribution is 2.52. The van der Waals surface area contributed by atoms with Crippen LogP contribution in [0.15, 0.2) is 42.5 Å². The van der Waals surface area contributed by atoms with Crippen molar-refractivity contribution in [3.63, 3.8) is 0 Å². The molecule has 1 heterocycles. The first-order valence-electron chi connectivity index (χ1n) is 9.84. The zero-order valence-electron chi connectivity index (χ0n) is 16.4. The maximum Gasteiger partial charge on any atom is 0.276 e. The summed E-state index contributed by atoms with van der Waals surface area (Å²) in [5.74, 6) is -1.67. The third-order valence-electron chi connectivity index (χ3n) is 5.90. The molecule has 2 fully saturated rings. The van der Waals surface area contributed by atoms with E-state index in [-0.39, 0.29) is 35.9 Å². The first-order chi connectivity index (χ1) is 14.3. The molecule has 2 aromatic rings. The van der Waals surface area contributed by atoms with E-state index in [1.54, 1.807) is 23.1 Å². The van der Waals surface area contributed by atoms with Crippen molar-refractivity contribution in [3.05, 3.63) is 59.7 Å². The molecule has 1 saturated heterocycles. The van der Waals surface area contributed by atoms with Crippen molar-refractivity contribution in [1.29, 1.82) is 0 Å². The lowest BCUT2D eigenvalue weighted by Gasteiger charge is -2.41. The van der Waals surface area contributed by atoms with E-state index < -0.39 is 21.8 Å². The fraction of sp³-hybridized carbons (Fsp3) is 0.381. The summed E-state index contributed by atoms with van der Waals surface area (Å²) in [7, 11) is -2.24. The number of carbonyl (C=O) groups is 1. The smallest absolute Gasteiger partial charge is 0.276 e. The Hall–Kier alpha value is -2.36. The summed E-state index contributed by atoms with van der Waals surface area (Å²) in [6.07, 6.45) is 1.34. The van der Waals surface area contributed by atoms with Crippen molar-refractivity contribution in [2.75, 3.05) is 20.1 Å². The Morgan fingerprint density at radius 3 is 2.47 bits per heavy atom. The Kier molecular flexibility index (Phi) is 5.61. The molecule has 0 unspecified atom stereocenters. The lowest BCUT2D eigenvalue weighted by Crippen LogP contribution is -2.57. The summed E-state index contributed by atoms with van der Waals surface area (Å²) in [5, 5.41) is 0. The number of benzene rings is 2. The van der Waals surface area contributed by atoms with Crippen molar-refractivity contribution in [2.24, 2.45) is 5.92 Å². The highest BCUT2D eigenvalue weighted by atomic mass is 32.2. The highest BCUT2D eigenvalue weighted by molar-refractivity contribution is 7.87. The third kappa shape index (κ3) is 3.97. The number of halogens is 2. The van der Waals surface area contributed by atoms with Crippen LogP contribution in [0.5, 0.6) is 0 Å². The second kappa shape index (κ2) is 8.05. The molecule has 6 nitrogen and oxygen atoms in total. The van der Waals surface area contributed by atoms with Crippen LogP contribution in [-0.4, -0.2) is 45.4 Å². The molecular weight excluding hydrogens is 412 g/mol. The minimum Gasteiger partial charge on any atom is -0.338 e. The molecule has 0 bridgehead atoms. The maximum atomic E-state index is 14.3. The fourth-order valence-electron chi connectivity index (χ4n) is 4.05. The van der Waals surface area contributed by atoms with Gasteiger partial charge in [-0.15, -0.1) is 0 Å². The normalized spacial score (nSPS) is 23.2. The molecule has 0 spiro atoms. The van der Waals surface area contributed by atoms with Crippen molar-refractivity contribution in [1.82, 2.24) is 14.3 Å². The number of hydrogen-bond acceptors (Lipinski definition) is 3. The van der Waals surface area contributed by atoms with E-state index in [2.05, 4.69) is 9.44 Å². The summed E-state index contributed by atoms with van der Waals surface area (Å²) in [5.41, 5.74) is 1.15. The predicted octanol–water partition coefficient (Wildman–Crippen LogP) is 2.39. The van der Waals surface area contributed by atoms with Gasteiger partial charge in [0.05, 0.1) is 5.56 Å². The maximum absolute atomic E-state index is 14.3. The van der Waals surface area contributed by atoms with E-state index in [4.69, 9.17) is 0 Å². The number of rotatable bonds is 7. The minimum absolute atomic E-state index is 0.0382. The van der Waals surface area contributed by atoms with Crippen LogP contribution in [0.25, 0.3) is 11.1 Å². The minimum atomic E-state index is -3.55. The van der Waals surface area contributed by atoms with Gasteiger partial charge in [0, 0.05) is 32.1 Å². The first kappa shape index (κ1) is 20.9. The molecule has 1 aliphatic carbocycles. The second-order valence-electron chi connectivity index (χ2n) is 7.66. The summed E-state index contributed by atoms with van der Waals surface area (Å²) in [4.78, 5) is 14.6. The molecular formula is C21H23F2N3O3S. The summed E-state index contributed by atoms with van der Waals surface area (Å²) >= 11 is 0. The van der Waals surface area contributed by atoms with Crippen LogP contribution in [0, 0.1) is 17.6 Å². The molecule has 2 aliphatic rings. The largest absolute Gasteiger partial charge is 0.338 e. The third-order valence-corrected chi connectivity index (χ3v) is 6.99. The SMILES string of the molecule is CNS(=O)(=O)NC[C@@H]1CCN1C(=O)[C@@H]1C[C@H]1c1ccccc1-c1c(F)cccc1F. The zero-order chi connectivity index (χ0) is 21.5.